The van der Waals surface area contributed by atoms with Crippen LogP contribution in [-0.4, -0.2) is 20.4 Å². The number of hydrogen-bond donors (Lipinski definition) is 0. The van der Waals surface area contributed by atoms with Gasteiger partial charge < -0.3 is 9.16 Å². The molecule has 0 amide bonds. The van der Waals surface area contributed by atoms with Gasteiger partial charge in [0.05, 0.1) is 12.0 Å². The van der Waals surface area contributed by atoms with Gasteiger partial charge in [-0.2, -0.15) is 0 Å². The van der Waals surface area contributed by atoms with Gasteiger partial charge in [-0.15, -0.1) is 0 Å². The molecule has 0 aromatic heterocycles. The van der Waals surface area contributed by atoms with Crippen molar-refractivity contribution in [2.75, 3.05) is 7.11 Å². The first-order chi connectivity index (χ1) is 8.31. The van der Waals surface area contributed by atoms with Crippen molar-refractivity contribution in [3.8, 4) is 11.5 Å². The minimum Gasteiger partial charge on any atom is -0.542 e. The molecule has 1 aromatic rings. The lowest BCUT2D eigenvalue weighted by Gasteiger charge is -2.21. The molecule has 0 spiro atoms. The normalized spacial score (nSPS) is 11.6. The molecule has 0 N–H and O–H groups in total. The first-order valence-corrected chi connectivity index (χ1v) is 8.91. The van der Waals surface area contributed by atoms with Gasteiger partial charge in [0, 0.05) is 6.08 Å². The van der Waals surface area contributed by atoms with Crippen molar-refractivity contribution in [3.05, 3.63) is 40.1 Å². The summed E-state index contributed by atoms with van der Waals surface area (Å²) in [7, 11) is -0.157. The molecule has 6 heteroatoms. The Morgan fingerprint density at radius 2 is 1.94 bits per heavy atom. The van der Waals surface area contributed by atoms with E-state index in [0.717, 1.165) is 6.20 Å². The van der Waals surface area contributed by atoms with Crippen LogP contribution in [0.15, 0.2) is 24.4 Å². The minimum absolute atomic E-state index is 0.501. The van der Waals surface area contributed by atoms with Gasteiger partial charge in [0.1, 0.15) is 5.75 Å². The van der Waals surface area contributed by atoms with Gasteiger partial charge in [0.25, 0.3) is 0 Å². The van der Waals surface area contributed by atoms with Crippen LogP contribution >= 0.6 is 0 Å². The summed E-state index contributed by atoms with van der Waals surface area (Å²) in [6.07, 6.45) is 2.31. The molecular formula is C12H17NO4Si. The Morgan fingerprint density at radius 3 is 2.44 bits per heavy atom. The molecule has 0 atom stereocenters. The van der Waals surface area contributed by atoms with Crippen molar-refractivity contribution in [2.24, 2.45) is 0 Å². The quantitative estimate of drug-likeness (QED) is 0.467. The number of methoxy groups -OCH3 is 1. The maximum Gasteiger partial charge on any atom is 0.242 e. The second-order valence-electron chi connectivity index (χ2n) is 4.73. The van der Waals surface area contributed by atoms with Crippen molar-refractivity contribution in [3.63, 3.8) is 0 Å². The molecule has 0 heterocycles. The van der Waals surface area contributed by atoms with Crippen LogP contribution in [0.5, 0.6) is 11.5 Å². The van der Waals surface area contributed by atoms with E-state index >= 15 is 0 Å². The Kier molecular flexibility index (Phi) is 4.49. The second-order valence-corrected chi connectivity index (χ2v) is 9.15. The van der Waals surface area contributed by atoms with Crippen molar-refractivity contribution in [2.45, 2.75) is 19.6 Å². The molecule has 0 saturated carbocycles. The minimum atomic E-state index is -1.71. The first-order valence-electron chi connectivity index (χ1n) is 5.50. The Bertz CT molecular complexity index is 466. The van der Waals surface area contributed by atoms with Gasteiger partial charge in [-0.1, -0.05) is 6.07 Å². The zero-order valence-corrected chi connectivity index (χ0v) is 12.0. The highest BCUT2D eigenvalue weighted by Gasteiger charge is 2.18. The number of nitro groups is 1. The third kappa shape index (κ3) is 4.58. The van der Waals surface area contributed by atoms with Gasteiger partial charge in [0.2, 0.25) is 14.5 Å². The summed E-state index contributed by atoms with van der Waals surface area (Å²) >= 11 is 0. The maximum atomic E-state index is 10.3. The summed E-state index contributed by atoms with van der Waals surface area (Å²) < 4.78 is 11.1. The average Bonchev–Trinajstić information content (AvgIpc) is 2.25. The van der Waals surface area contributed by atoms with E-state index in [1.807, 2.05) is 0 Å². The Labute approximate surface area is 107 Å². The van der Waals surface area contributed by atoms with Gasteiger partial charge >= 0.3 is 0 Å². The molecule has 0 unspecified atom stereocenters. The highest BCUT2D eigenvalue weighted by molar-refractivity contribution is 6.70. The van der Waals surface area contributed by atoms with Crippen LogP contribution in [0.2, 0.25) is 19.6 Å². The highest BCUT2D eigenvalue weighted by Crippen LogP contribution is 2.30. The number of nitrogens with zero attached hydrogens (tertiary/aromatic N) is 1. The van der Waals surface area contributed by atoms with Crippen molar-refractivity contribution < 1.29 is 14.1 Å². The summed E-state index contributed by atoms with van der Waals surface area (Å²) in [5.41, 5.74) is 0.700. The molecule has 0 saturated heterocycles. The highest BCUT2D eigenvalue weighted by atomic mass is 28.4. The molecule has 18 heavy (non-hydrogen) atoms. The molecule has 0 fully saturated rings. The molecule has 0 aliphatic heterocycles. The van der Waals surface area contributed by atoms with Crippen LogP contribution in [0, 0.1) is 10.1 Å². The summed E-state index contributed by atoms with van der Waals surface area (Å²) in [5.74, 6) is 1.26. The smallest absolute Gasteiger partial charge is 0.242 e. The lowest BCUT2D eigenvalue weighted by Crippen LogP contribution is -2.29. The maximum absolute atomic E-state index is 10.3. The third-order valence-corrected chi connectivity index (χ3v) is 2.82. The molecule has 98 valence electrons. The Balaban J connectivity index is 3.00. The van der Waals surface area contributed by atoms with Crippen LogP contribution < -0.4 is 9.16 Å². The predicted molar refractivity (Wildman–Crippen MR) is 73.0 cm³/mol. The molecule has 1 rings (SSSR count). The van der Waals surface area contributed by atoms with Crippen molar-refractivity contribution in [1.82, 2.24) is 0 Å². The van der Waals surface area contributed by atoms with E-state index in [0.29, 0.717) is 17.1 Å². The number of benzene rings is 1. The van der Waals surface area contributed by atoms with E-state index in [2.05, 4.69) is 19.6 Å². The van der Waals surface area contributed by atoms with E-state index in [9.17, 15) is 10.1 Å². The fraction of sp³-hybridized carbons (Fsp3) is 0.333. The van der Waals surface area contributed by atoms with Crippen LogP contribution in [-0.2, 0) is 0 Å². The van der Waals surface area contributed by atoms with E-state index < -0.39 is 13.2 Å². The SMILES string of the molecule is COc1cc(/C=C/[N+](=O)[O-])ccc1O[Si](C)(C)C. The van der Waals surface area contributed by atoms with Crippen LogP contribution in [0.4, 0.5) is 0 Å². The average molecular weight is 267 g/mol. The van der Waals surface area contributed by atoms with E-state index in [-0.39, 0.29) is 0 Å². The number of rotatable bonds is 5. The monoisotopic (exact) mass is 267 g/mol. The summed E-state index contributed by atoms with van der Waals surface area (Å²) in [4.78, 5) is 9.75. The Hall–Kier alpha value is -1.82. The number of ether oxygens (including phenoxy) is 1. The van der Waals surface area contributed by atoms with Crippen molar-refractivity contribution in [1.29, 1.82) is 0 Å². The lowest BCUT2D eigenvalue weighted by molar-refractivity contribution is -0.400. The van der Waals surface area contributed by atoms with Gasteiger partial charge in [-0.05, 0) is 37.3 Å². The molecule has 0 bridgehead atoms. The third-order valence-electron chi connectivity index (χ3n) is 1.99. The molecule has 0 aliphatic rings. The molecule has 0 aliphatic carbocycles. The van der Waals surface area contributed by atoms with Crippen molar-refractivity contribution >= 4 is 14.4 Å². The molecular weight excluding hydrogens is 250 g/mol. The van der Waals surface area contributed by atoms with Crippen LogP contribution in [0.1, 0.15) is 5.56 Å². The molecule has 0 radical (unpaired) electrons. The van der Waals surface area contributed by atoms with Crippen LogP contribution in [0.3, 0.4) is 0 Å². The van der Waals surface area contributed by atoms with Crippen LogP contribution in [0.25, 0.3) is 6.08 Å². The van der Waals surface area contributed by atoms with E-state index in [1.54, 1.807) is 25.3 Å². The zero-order chi connectivity index (χ0) is 13.8. The summed E-state index contributed by atoms with van der Waals surface area (Å²) in [5, 5.41) is 10.3. The van der Waals surface area contributed by atoms with Gasteiger partial charge in [0.15, 0.2) is 5.75 Å². The topological polar surface area (TPSA) is 61.6 Å². The van der Waals surface area contributed by atoms with E-state index in [1.165, 1.54) is 6.08 Å². The largest absolute Gasteiger partial charge is 0.542 e. The van der Waals surface area contributed by atoms with Gasteiger partial charge in [-0.3, -0.25) is 10.1 Å². The lowest BCUT2D eigenvalue weighted by atomic mass is 10.2. The molecule has 5 nitrogen and oxygen atoms in total. The van der Waals surface area contributed by atoms with Gasteiger partial charge in [-0.25, -0.2) is 0 Å². The Morgan fingerprint density at radius 1 is 1.28 bits per heavy atom. The zero-order valence-electron chi connectivity index (χ0n) is 11.0. The standard InChI is InChI=1S/C12H17NO4Si/c1-16-12-9-10(7-8-13(14)15)5-6-11(12)17-18(2,3)4/h5-9H,1-4H3/b8-7+. The number of hydrogen-bond acceptors (Lipinski definition) is 4. The van der Waals surface area contributed by atoms with E-state index in [4.69, 9.17) is 9.16 Å². The fourth-order valence-corrected chi connectivity index (χ4v) is 2.18. The molecule has 1 aromatic carbocycles. The summed E-state index contributed by atoms with van der Waals surface area (Å²) in [6.45, 7) is 6.23. The predicted octanol–water partition coefficient (Wildman–Crippen LogP) is 3.16. The first kappa shape index (κ1) is 14.2. The fourth-order valence-electron chi connectivity index (χ4n) is 1.35. The summed E-state index contributed by atoms with van der Waals surface area (Å²) in [6, 6.07) is 5.25. The second kappa shape index (κ2) is 5.68.